The molecule has 0 unspecified atom stereocenters. The van der Waals surface area contributed by atoms with Crippen molar-refractivity contribution < 1.29 is 0 Å². The Morgan fingerprint density at radius 3 is 2.47 bits per heavy atom. The average molecular weight is 202 g/mol. The topological polar surface area (TPSA) is 17.8 Å². The molecule has 80 valence electrons. The predicted octanol–water partition coefficient (Wildman–Crippen LogP) is 3.54. The Hall–Kier alpha value is -1.31. The zero-order chi connectivity index (χ0) is 11.2. The van der Waals surface area contributed by atoms with Gasteiger partial charge < -0.3 is 4.57 Å². The van der Waals surface area contributed by atoms with Gasteiger partial charge in [0.05, 0.1) is 0 Å². The number of aromatic nitrogens is 2. The zero-order valence-corrected chi connectivity index (χ0v) is 10.1. The van der Waals surface area contributed by atoms with E-state index in [2.05, 4.69) is 50.2 Å². The third-order valence-corrected chi connectivity index (χ3v) is 3.06. The molecule has 15 heavy (non-hydrogen) atoms. The Kier molecular flexibility index (Phi) is 2.29. The average Bonchev–Trinajstić information content (AvgIpc) is 2.41. The first-order valence-electron chi connectivity index (χ1n) is 5.46. The molecule has 0 aliphatic rings. The summed E-state index contributed by atoms with van der Waals surface area (Å²) in [6.45, 7) is 10.8. The van der Waals surface area contributed by atoms with E-state index in [0.717, 1.165) is 5.65 Å². The molecule has 2 rings (SSSR count). The van der Waals surface area contributed by atoms with Gasteiger partial charge >= 0.3 is 0 Å². The van der Waals surface area contributed by atoms with Crippen LogP contribution in [0.5, 0.6) is 0 Å². The van der Waals surface area contributed by atoms with Crippen LogP contribution in [0.25, 0.3) is 11.0 Å². The second-order valence-electron chi connectivity index (χ2n) is 4.56. The van der Waals surface area contributed by atoms with Crippen molar-refractivity contribution in [3.63, 3.8) is 0 Å². The van der Waals surface area contributed by atoms with E-state index in [1.54, 1.807) is 0 Å². The highest BCUT2D eigenvalue weighted by atomic mass is 15.1. The van der Waals surface area contributed by atoms with Crippen molar-refractivity contribution in [2.75, 3.05) is 0 Å². The molecule has 0 fully saturated rings. The summed E-state index contributed by atoms with van der Waals surface area (Å²) >= 11 is 0. The predicted molar refractivity (Wildman–Crippen MR) is 64.3 cm³/mol. The molecule has 2 heteroatoms. The maximum atomic E-state index is 4.55. The summed E-state index contributed by atoms with van der Waals surface area (Å²) in [7, 11) is 0. The monoisotopic (exact) mass is 202 g/mol. The zero-order valence-electron chi connectivity index (χ0n) is 10.1. The highest BCUT2D eigenvalue weighted by Gasteiger charge is 2.13. The van der Waals surface area contributed by atoms with E-state index >= 15 is 0 Å². The molecular formula is C13H18N2. The van der Waals surface area contributed by atoms with Gasteiger partial charge in [-0.3, -0.25) is 0 Å². The van der Waals surface area contributed by atoms with Gasteiger partial charge in [-0.25, -0.2) is 4.98 Å². The molecule has 0 aromatic carbocycles. The number of hydrogen-bond donors (Lipinski definition) is 0. The lowest BCUT2D eigenvalue weighted by Crippen LogP contribution is -2.03. The lowest BCUT2D eigenvalue weighted by atomic mass is 10.2. The van der Waals surface area contributed by atoms with Crippen molar-refractivity contribution in [3.05, 3.63) is 29.1 Å². The Balaban J connectivity index is 2.87. The van der Waals surface area contributed by atoms with Gasteiger partial charge in [-0.05, 0) is 51.8 Å². The van der Waals surface area contributed by atoms with Gasteiger partial charge in [-0.15, -0.1) is 0 Å². The highest BCUT2D eigenvalue weighted by molar-refractivity contribution is 5.82. The molecule has 0 aliphatic heterocycles. The van der Waals surface area contributed by atoms with Crippen LogP contribution in [0.4, 0.5) is 0 Å². The largest absolute Gasteiger partial charge is 0.327 e. The molecule has 0 radical (unpaired) electrons. The van der Waals surface area contributed by atoms with E-state index < -0.39 is 0 Å². The second kappa shape index (κ2) is 3.37. The van der Waals surface area contributed by atoms with Crippen LogP contribution in [0.1, 0.15) is 36.7 Å². The summed E-state index contributed by atoms with van der Waals surface area (Å²) in [5.41, 5.74) is 5.03. The van der Waals surface area contributed by atoms with E-state index in [-0.39, 0.29) is 0 Å². The van der Waals surface area contributed by atoms with Gasteiger partial charge in [-0.1, -0.05) is 0 Å². The van der Waals surface area contributed by atoms with Crippen LogP contribution in [-0.4, -0.2) is 9.55 Å². The van der Waals surface area contributed by atoms with Crippen molar-refractivity contribution >= 4 is 11.0 Å². The third kappa shape index (κ3) is 1.44. The van der Waals surface area contributed by atoms with Gasteiger partial charge in [0.25, 0.3) is 0 Å². The molecule has 2 aromatic rings. The van der Waals surface area contributed by atoms with Gasteiger partial charge in [0.15, 0.2) is 0 Å². The summed E-state index contributed by atoms with van der Waals surface area (Å²) in [6, 6.07) is 2.69. The van der Waals surface area contributed by atoms with Gasteiger partial charge in [0, 0.05) is 23.3 Å². The van der Waals surface area contributed by atoms with Crippen LogP contribution >= 0.6 is 0 Å². The molecule has 0 aliphatic carbocycles. The van der Waals surface area contributed by atoms with E-state index in [0.29, 0.717) is 6.04 Å². The maximum absolute atomic E-state index is 4.55. The lowest BCUT2D eigenvalue weighted by molar-refractivity contribution is 0.601. The molecule has 0 atom stereocenters. The van der Waals surface area contributed by atoms with E-state index in [1.807, 2.05) is 6.20 Å². The Morgan fingerprint density at radius 1 is 1.20 bits per heavy atom. The summed E-state index contributed by atoms with van der Waals surface area (Å²) in [4.78, 5) is 4.55. The quantitative estimate of drug-likeness (QED) is 0.691. The van der Waals surface area contributed by atoms with E-state index in [1.165, 1.54) is 22.2 Å². The van der Waals surface area contributed by atoms with Gasteiger partial charge in [0.2, 0.25) is 0 Å². The maximum Gasteiger partial charge on any atom is 0.140 e. The summed E-state index contributed by atoms with van der Waals surface area (Å²) in [6.07, 6.45) is 1.94. The van der Waals surface area contributed by atoms with Crippen molar-refractivity contribution in [1.29, 1.82) is 0 Å². The van der Waals surface area contributed by atoms with E-state index in [9.17, 15) is 0 Å². The van der Waals surface area contributed by atoms with Crippen molar-refractivity contribution in [2.45, 2.75) is 40.7 Å². The number of nitrogens with zero attached hydrogens (tertiary/aromatic N) is 2. The fourth-order valence-electron chi connectivity index (χ4n) is 2.20. The number of rotatable bonds is 1. The van der Waals surface area contributed by atoms with Crippen LogP contribution in [0.15, 0.2) is 12.3 Å². The van der Waals surface area contributed by atoms with Crippen molar-refractivity contribution in [1.82, 2.24) is 9.55 Å². The number of aryl methyl sites for hydroxylation is 2. The summed E-state index contributed by atoms with van der Waals surface area (Å²) in [5, 5.41) is 1.29. The first-order chi connectivity index (χ1) is 7.02. The summed E-state index contributed by atoms with van der Waals surface area (Å²) < 4.78 is 2.31. The molecule has 0 bridgehead atoms. The van der Waals surface area contributed by atoms with Gasteiger partial charge in [-0.2, -0.15) is 0 Å². The Bertz CT molecular complexity index is 507. The molecule has 2 nitrogen and oxygen atoms in total. The van der Waals surface area contributed by atoms with Crippen molar-refractivity contribution in [2.24, 2.45) is 0 Å². The molecule has 2 heterocycles. The molecule has 0 N–H and O–H groups in total. The molecule has 2 aromatic heterocycles. The fraction of sp³-hybridized carbons (Fsp3) is 0.462. The lowest BCUT2D eigenvalue weighted by Gasteiger charge is -2.11. The third-order valence-electron chi connectivity index (χ3n) is 3.06. The molecule has 0 amide bonds. The SMILES string of the molecule is Cc1cnc2c(c1)c(C)c(C)n2C(C)C. The minimum absolute atomic E-state index is 0.469. The standard InChI is InChI=1S/C13H18N2/c1-8(2)15-11(5)10(4)12-6-9(3)7-14-13(12)15/h6-8H,1-5H3. The molecular weight excluding hydrogens is 184 g/mol. The molecule has 0 saturated heterocycles. The molecule has 0 spiro atoms. The van der Waals surface area contributed by atoms with E-state index in [4.69, 9.17) is 0 Å². The Morgan fingerprint density at radius 2 is 1.87 bits per heavy atom. The normalized spacial score (nSPS) is 11.6. The fourth-order valence-corrected chi connectivity index (χ4v) is 2.20. The first-order valence-corrected chi connectivity index (χ1v) is 5.46. The van der Waals surface area contributed by atoms with Gasteiger partial charge in [0.1, 0.15) is 5.65 Å². The van der Waals surface area contributed by atoms with Crippen LogP contribution in [-0.2, 0) is 0 Å². The Labute approximate surface area is 90.9 Å². The minimum atomic E-state index is 0.469. The number of hydrogen-bond acceptors (Lipinski definition) is 1. The number of pyridine rings is 1. The van der Waals surface area contributed by atoms with Crippen molar-refractivity contribution in [3.8, 4) is 0 Å². The van der Waals surface area contributed by atoms with Crippen LogP contribution < -0.4 is 0 Å². The van der Waals surface area contributed by atoms with Crippen LogP contribution in [0.2, 0.25) is 0 Å². The summed E-state index contributed by atoms with van der Waals surface area (Å²) in [5.74, 6) is 0. The van der Waals surface area contributed by atoms with Crippen LogP contribution in [0.3, 0.4) is 0 Å². The molecule has 0 saturated carbocycles. The first kappa shape index (κ1) is 10.2. The second-order valence-corrected chi connectivity index (χ2v) is 4.56. The number of fused-ring (bicyclic) bond motifs is 1. The smallest absolute Gasteiger partial charge is 0.140 e. The highest BCUT2D eigenvalue weighted by Crippen LogP contribution is 2.27. The minimum Gasteiger partial charge on any atom is -0.327 e. The van der Waals surface area contributed by atoms with Crippen LogP contribution in [0, 0.1) is 20.8 Å².